The molecule has 29 heavy (non-hydrogen) atoms. The molecular formula is C24H18BrNO3. The summed E-state index contributed by atoms with van der Waals surface area (Å²) < 4.78 is 6.25. The van der Waals surface area contributed by atoms with Gasteiger partial charge in [0.1, 0.15) is 11.1 Å². The number of fused-ring (bicyclic) bond motifs is 1. The summed E-state index contributed by atoms with van der Waals surface area (Å²) in [6.45, 7) is 0.787. The second-order valence-corrected chi connectivity index (χ2v) is 7.68. The van der Waals surface area contributed by atoms with Gasteiger partial charge in [0.05, 0.1) is 0 Å². The van der Waals surface area contributed by atoms with E-state index in [1.165, 1.54) is 0 Å². The van der Waals surface area contributed by atoms with E-state index in [0.717, 1.165) is 15.6 Å². The summed E-state index contributed by atoms with van der Waals surface area (Å²) in [7, 11) is 0. The third-order valence-corrected chi connectivity index (χ3v) is 5.14. The molecule has 0 saturated carbocycles. The lowest BCUT2D eigenvalue weighted by molar-refractivity contribution is 0.0726. The van der Waals surface area contributed by atoms with Crippen LogP contribution in [0.4, 0.5) is 0 Å². The van der Waals surface area contributed by atoms with Gasteiger partial charge in [-0.25, -0.2) is 4.79 Å². The molecule has 0 radical (unpaired) electrons. The highest BCUT2D eigenvalue weighted by molar-refractivity contribution is 9.10. The quantitative estimate of drug-likeness (QED) is 0.385. The predicted octanol–water partition coefficient (Wildman–Crippen LogP) is 5.40. The molecule has 4 rings (SSSR count). The molecule has 0 atom stereocenters. The number of amides is 1. The van der Waals surface area contributed by atoms with Crippen LogP contribution in [0, 0.1) is 0 Å². The minimum atomic E-state index is -0.629. The second kappa shape index (κ2) is 8.45. The summed E-state index contributed by atoms with van der Waals surface area (Å²) in [5.41, 5.74) is 1.83. The zero-order valence-electron chi connectivity index (χ0n) is 15.5. The maximum atomic E-state index is 13.4. The number of rotatable bonds is 5. The highest BCUT2D eigenvalue weighted by atomic mass is 79.9. The van der Waals surface area contributed by atoms with E-state index < -0.39 is 5.63 Å². The van der Waals surface area contributed by atoms with E-state index in [1.807, 2.05) is 66.7 Å². The average molecular weight is 448 g/mol. The normalized spacial score (nSPS) is 10.8. The Balaban J connectivity index is 1.73. The molecular weight excluding hydrogens is 430 g/mol. The summed E-state index contributed by atoms with van der Waals surface area (Å²) in [5, 5.41) is 0.696. The van der Waals surface area contributed by atoms with E-state index in [4.69, 9.17) is 4.42 Å². The highest BCUT2D eigenvalue weighted by Crippen LogP contribution is 2.21. The molecule has 1 heterocycles. The van der Waals surface area contributed by atoms with Gasteiger partial charge in [0.2, 0.25) is 0 Å². The highest BCUT2D eigenvalue weighted by Gasteiger charge is 2.21. The van der Waals surface area contributed by atoms with Crippen molar-refractivity contribution in [3.63, 3.8) is 0 Å². The zero-order valence-corrected chi connectivity index (χ0v) is 17.1. The molecule has 3 aromatic carbocycles. The Hall–Kier alpha value is -3.18. The Morgan fingerprint density at radius 2 is 1.41 bits per heavy atom. The smallest absolute Gasteiger partial charge is 0.349 e. The fourth-order valence-corrected chi connectivity index (χ4v) is 3.60. The van der Waals surface area contributed by atoms with Crippen molar-refractivity contribution in [2.75, 3.05) is 0 Å². The molecule has 4 aromatic rings. The second-order valence-electron chi connectivity index (χ2n) is 6.76. The van der Waals surface area contributed by atoms with Crippen LogP contribution >= 0.6 is 15.9 Å². The van der Waals surface area contributed by atoms with Crippen LogP contribution in [0.5, 0.6) is 0 Å². The molecule has 4 nitrogen and oxygen atoms in total. The lowest BCUT2D eigenvalue weighted by Gasteiger charge is -2.23. The third kappa shape index (κ3) is 4.46. The molecule has 0 spiro atoms. The summed E-state index contributed by atoms with van der Waals surface area (Å²) in [5.74, 6) is -0.353. The van der Waals surface area contributed by atoms with Crippen LogP contribution in [-0.4, -0.2) is 10.8 Å². The first-order valence-electron chi connectivity index (χ1n) is 9.21. The Bertz CT molecular complexity index is 1160. The minimum Gasteiger partial charge on any atom is -0.422 e. The molecule has 0 unspecified atom stereocenters. The van der Waals surface area contributed by atoms with Gasteiger partial charge in [-0.15, -0.1) is 0 Å². The number of benzene rings is 3. The van der Waals surface area contributed by atoms with E-state index in [0.29, 0.717) is 24.1 Å². The van der Waals surface area contributed by atoms with Crippen LogP contribution in [0.25, 0.3) is 11.0 Å². The van der Waals surface area contributed by atoms with Gasteiger partial charge >= 0.3 is 5.63 Å². The molecule has 0 saturated heterocycles. The van der Waals surface area contributed by atoms with Crippen molar-refractivity contribution in [1.29, 1.82) is 0 Å². The molecule has 0 fully saturated rings. The molecule has 144 valence electrons. The van der Waals surface area contributed by atoms with Gasteiger partial charge in [0.15, 0.2) is 0 Å². The predicted molar refractivity (Wildman–Crippen MR) is 117 cm³/mol. The molecule has 0 aliphatic carbocycles. The molecule has 5 heteroatoms. The van der Waals surface area contributed by atoms with Crippen LogP contribution < -0.4 is 5.63 Å². The van der Waals surface area contributed by atoms with Crippen LogP contribution in [0.15, 0.2) is 98.6 Å². The molecule has 1 amide bonds. The maximum Gasteiger partial charge on any atom is 0.349 e. The van der Waals surface area contributed by atoms with E-state index in [2.05, 4.69) is 15.9 Å². The van der Waals surface area contributed by atoms with Gasteiger partial charge in [0, 0.05) is 22.9 Å². The first-order valence-corrected chi connectivity index (χ1v) is 10.00. The van der Waals surface area contributed by atoms with E-state index in [-0.39, 0.29) is 11.5 Å². The van der Waals surface area contributed by atoms with Gasteiger partial charge in [-0.05, 0) is 35.4 Å². The van der Waals surface area contributed by atoms with Gasteiger partial charge in [0.25, 0.3) is 5.91 Å². The maximum absolute atomic E-state index is 13.4. The third-order valence-electron chi connectivity index (χ3n) is 4.64. The molecule has 0 bridgehead atoms. The monoisotopic (exact) mass is 447 g/mol. The van der Waals surface area contributed by atoms with E-state index in [9.17, 15) is 9.59 Å². The number of hydrogen-bond acceptors (Lipinski definition) is 3. The fraction of sp³-hybridized carbons (Fsp3) is 0.0833. The first-order chi connectivity index (χ1) is 14.1. The van der Waals surface area contributed by atoms with Crippen molar-refractivity contribution in [1.82, 2.24) is 4.90 Å². The van der Waals surface area contributed by atoms with Crippen molar-refractivity contribution < 1.29 is 9.21 Å². The number of carbonyl (C=O) groups excluding carboxylic acids is 1. The number of carbonyl (C=O) groups is 1. The molecule has 0 aliphatic rings. The van der Waals surface area contributed by atoms with E-state index >= 15 is 0 Å². The minimum absolute atomic E-state index is 0.0301. The zero-order chi connectivity index (χ0) is 20.2. The van der Waals surface area contributed by atoms with Crippen molar-refractivity contribution in [3.05, 3.63) is 117 Å². The molecule has 0 aliphatic heterocycles. The SMILES string of the molecule is O=C(c1cc2cc(Br)ccc2oc1=O)N(Cc1ccccc1)Cc1ccccc1. The van der Waals surface area contributed by atoms with Crippen molar-refractivity contribution >= 4 is 32.8 Å². The lowest BCUT2D eigenvalue weighted by atomic mass is 10.1. The fourth-order valence-electron chi connectivity index (χ4n) is 3.22. The average Bonchev–Trinajstić information content (AvgIpc) is 2.74. The van der Waals surface area contributed by atoms with Crippen molar-refractivity contribution in [2.45, 2.75) is 13.1 Å². The summed E-state index contributed by atoms with van der Waals surface area (Å²) in [6, 6.07) is 26.4. The van der Waals surface area contributed by atoms with Crippen LogP contribution in [0.1, 0.15) is 21.5 Å². The Labute approximate surface area is 176 Å². The number of hydrogen-bond donors (Lipinski definition) is 0. The largest absolute Gasteiger partial charge is 0.422 e. The lowest BCUT2D eigenvalue weighted by Crippen LogP contribution is -2.33. The molecule has 1 aromatic heterocycles. The van der Waals surface area contributed by atoms with E-state index in [1.54, 1.807) is 23.1 Å². The number of halogens is 1. The van der Waals surface area contributed by atoms with Crippen LogP contribution in [0.3, 0.4) is 0 Å². The van der Waals surface area contributed by atoms with Crippen LogP contribution in [0.2, 0.25) is 0 Å². The van der Waals surface area contributed by atoms with Crippen molar-refractivity contribution in [3.8, 4) is 0 Å². The Kier molecular flexibility index (Phi) is 5.58. The Morgan fingerprint density at radius 1 is 0.828 bits per heavy atom. The Morgan fingerprint density at radius 3 is 2.00 bits per heavy atom. The van der Waals surface area contributed by atoms with Crippen molar-refractivity contribution in [2.24, 2.45) is 0 Å². The topological polar surface area (TPSA) is 50.5 Å². The van der Waals surface area contributed by atoms with Gasteiger partial charge in [-0.2, -0.15) is 0 Å². The summed E-state index contributed by atoms with van der Waals surface area (Å²) >= 11 is 3.41. The van der Waals surface area contributed by atoms with Gasteiger partial charge in [-0.3, -0.25) is 4.79 Å². The summed E-state index contributed by atoms with van der Waals surface area (Å²) in [6.07, 6.45) is 0. The molecule has 0 N–H and O–H groups in total. The van der Waals surface area contributed by atoms with Gasteiger partial charge < -0.3 is 9.32 Å². The van der Waals surface area contributed by atoms with Gasteiger partial charge in [-0.1, -0.05) is 76.6 Å². The number of nitrogens with zero attached hydrogens (tertiary/aromatic N) is 1. The summed E-state index contributed by atoms with van der Waals surface area (Å²) in [4.78, 5) is 27.6. The van der Waals surface area contributed by atoms with Crippen LogP contribution in [-0.2, 0) is 13.1 Å². The standard InChI is InChI=1S/C24H18BrNO3/c25-20-11-12-22-19(13-20)14-21(24(28)29-22)23(27)26(15-17-7-3-1-4-8-17)16-18-9-5-2-6-10-18/h1-14H,15-16H2. The first kappa shape index (κ1) is 19.2.